The van der Waals surface area contributed by atoms with Crippen molar-refractivity contribution in [2.45, 2.75) is 58.5 Å². The van der Waals surface area contributed by atoms with Gasteiger partial charge >= 0.3 is 0 Å². The molecule has 1 N–H and O–H groups in total. The second kappa shape index (κ2) is 5.78. The largest absolute Gasteiger partial charge is 0.309 e. The van der Waals surface area contributed by atoms with Crippen LogP contribution in [0.4, 0.5) is 0 Å². The van der Waals surface area contributed by atoms with E-state index in [4.69, 9.17) is 0 Å². The zero-order valence-electron chi connectivity index (χ0n) is 10.3. The summed E-state index contributed by atoms with van der Waals surface area (Å²) < 4.78 is 0. The number of aryl methyl sites for hydroxylation is 1. The summed E-state index contributed by atoms with van der Waals surface area (Å²) in [4.78, 5) is 5.68. The van der Waals surface area contributed by atoms with Gasteiger partial charge in [0.05, 0.1) is 11.2 Å². The Bertz CT molecular complexity index is 313. The number of rotatable bonds is 4. The van der Waals surface area contributed by atoms with Crippen molar-refractivity contribution in [3.8, 4) is 0 Å². The van der Waals surface area contributed by atoms with Gasteiger partial charge in [-0.2, -0.15) is 0 Å². The molecule has 0 atom stereocenters. The molecule has 0 unspecified atom stereocenters. The molecule has 0 aliphatic heterocycles. The third-order valence-corrected chi connectivity index (χ3v) is 4.76. The minimum Gasteiger partial charge on any atom is -0.309 e. The zero-order chi connectivity index (χ0) is 11.4. The molecule has 1 fully saturated rings. The summed E-state index contributed by atoms with van der Waals surface area (Å²) in [5.74, 6) is 0.989. The fourth-order valence-electron chi connectivity index (χ4n) is 2.51. The van der Waals surface area contributed by atoms with Gasteiger partial charge in [-0.05, 0) is 38.5 Å². The lowest BCUT2D eigenvalue weighted by molar-refractivity contribution is 0.285. The number of aromatic nitrogens is 1. The van der Waals surface area contributed by atoms with Gasteiger partial charge in [0.15, 0.2) is 0 Å². The fourth-order valence-corrected chi connectivity index (χ4v) is 3.24. The second-order valence-corrected chi connectivity index (χ2v) is 5.81. The number of hydrogen-bond acceptors (Lipinski definition) is 3. The highest BCUT2D eigenvalue weighted by molar-refractivity contribution is 7.09. The molecule has 1 heterocycles. The van der Waals surface area contributed by atoms with Crippen molar-refractivity contribution in [3.63, 3.8) is 0 Å². The molecular weight excluding hydrogens is 216 g/mol. The summed E-state index contributed by atoms with van der Waals surface area (Å²) in [5.41, 5.74) is 3.14. The minimum absolute atomic E-state index is 0.740. The van der Waals surface area contributed by atoms with Crippen molar-refractivity contribution >= 4 is 11.3 Å². The summed E-state index contributed by atoms with van der Waals surface area (Å²) in [6, 6.07) is 0.740. The molecule has 2 nitrogen and oxygen atoms in total. The average Bonchev–Trinajstić information content (AvgIpc) is 2.73. The first kappa shape index (κ1) is 12.1. The molecular formula is C13H22N2S. The van der Waals surface area contributed by atoms with E-state index in [0.717, 1.165) is 18.5 Å². The van der Waals surface area contributed by atoms with Crippen molar-refractivity contribution in [3.05, 3.63) is 16.1 Å². The Morgan fingerprint density at radius 3 is 2.69 bits per heavy atom. The lowest BCUT2D eigenvalue weighted by atomic mass is 9.84. The van der Waals surface area contributed by atoms with Gasteiger partial charge in [0.25, 0.3) is 0 Å². The van der Waals surface area contributed by atoms with E-state index in [9.17, 15) is 0 Å². The van der Waals surface area contributed by atoms with E-state index < -0.39 is 0 Å². The molecule has 1 aliphatic carbocycles. The Labute approximate surface area is 102 Å². The van der Waals surface area contributed by atoms with Crippen LogP contribution < -0.4 is 5.32 Å². The smallest absolute Gasteiger partial charge is 0.0798 e. The summed E-state index contributed by atoms with van der Waals surface area (Å²) in [6.07, 6.45) is 6.90. The minimum atomic E-state index is 0.740. The zero-order valence-corrected chi connectivity index (χ0v) is 11.1. The maximum Gasteiger partial charge on any atom is 0.0798 e. The van der Waals surface area contributed by atoms with Gasteiger partial charge in [0, 0.05) is 17.5 Å². The van der Waals surface area contributed by atoms with E-state index in [0.29, 0.717) is 0 Å². The van der Waals surface area contributed by atoms with Gasteiger partial charge in [0.2, 0.25) is 0 Å². The molecule has 1 saturated carbocycles. The Morgan fingerprint density at radius 1 is 1.38 bits per heavy atom. The van der Waals surface area contributed by atoms with E-state index in [1.54, 1.807) is 11.3 Å². The molecule has 3 heteroatoms. The van der Waals surface area contributed by atoms with E-state index in [2.05, 4.69) is 24.1 Å². The van der Waals surface area contributed by atoms with E-state index >= 15 is 0 Å². The Morgan fingerprint density at radius 2 is 2.12 bits per heavy atom. The average molecular weight is 238 g/mol. The van der Waals surface area contributed by atoms with Crippen LogP contribution in [0.25, 0.3) is 0 Å². The highest BCUT2D eigenvalue weighted by atomic mass is 32.1. The van der Waals surface area contributed by atoms with Gasteiger partial charge in [-0.3, -0.25) is 0 Å². The number of hydrogen-bond donors (Lipinski definition) is 1. The maximum atomic E-state index is 4.28. The molecule has 90 valence electrons. The third kappa shape index (κ3) is 3.05. The second-order valence-electron chi connectivity index (χ2n) is 4.87. The molecule has 0 bridgehead atoms. The van der Waals surface area contributed by atoms with Crippen molar-refractivity contribution in [1.82, 2.24) is 10.3 Å². The predicted molar refractivity (Wildman–Crippen MR) is 69.7 cm³/mol. The van der Waals surface area contributed by atoms with Crippen molar-refractivity contribution in [2.75, 3.05) is 0 Å². The summed E-state index contributed by atoms with van der Waals surface area (Å²) in [6.45, 7) is 5.43. The molecule has 2 rings (SSSR count). The Hall–Kier alpha value is -0.410. The normalized spacial score (nSPS) is 25.9. The van der Waals surface area contributed by atoms with E-state index in [1.165, 1.54) is 42.7 Å². The van der Waals surface area contributed by atoms with Gasteiger partial charge in [-0.15, -0.1) is 11.3 Å². The highest BCUT2D eigenvalue weighted by Crippen LogP contribution is 2.26. The third-order valence-electron chi connectivity index (χ3n) is 3.82. The van der Waals surface area contributed by atoms with Crippen LogP contribution in [0.2, 0.25) is 0 Å². The first-order chi connectivity index (χ1) is 7.79. The van der Waals surface area contributed by atoms with Gasteiger partial charge in [-0.1, -0.05) is 13.3 Å². The van der Waals surface area contributed by atoms with Crippen LogP contribution >= 0.6 is 11.3 Å². The number of nitrogens with zero attached hydrogens (tertiary/aromatic N) is 1. The van der Waals surface area contributed by atoms with Crippen molar-refractivity contribution in [1.29, 1.82) is 0 Å². The molecule has 0 amide bonds. The molecule has 0 saturated heterocycles. The standard InChI is InChI=1S/C13H22N2S/c1-3-11-4-6-12(7-5-11)14-8-13-10(2)15-9-16-13/h9,11-12,14H,3-8H2,1-2H3. The van der Waals surface area contributed by atoms with Gasteiger partial charge < -0.3 is 5.32 Å². The van der Waals surface area contributed by atoms with Crippen molar-refractivity contribution < 1.29 is 0 Å². The topological polar surface area (TPSA) is 24.9 Å². The van der Waals surface area contributed by atoms with Crippen LogP contribution in [-0.2, 0) is 6.54 Å². The maximum absolute atomic E-state index is 4.28. The number of thiazole rings is 1. The highest BCUT2D eigenvalue weighted by Gasteiger charge is 2.19. The van der Waals surface area contributed by atoms with Crippen LogP contribution in [0.15, 0.2) is 5.51 Å². The van der Waals surface area contributed by atoms with E-state index in [1.807, 2.05) is 5.51 Å². The van der Waals surface area contributed by atoms with Crippen LogP contribution in [0.5, 0.6) is 0 Å². The molecule has 16 heavy (non-hydrogen) atoms. The lowest BCUT2D eigenvalue weighted by Gasteiger charge is -2.28. The molecule has 1 aliphatic rings. The number of nitrogens with one attached hydrogen (secondary N) is 1. The van der Waals surface area contributed by atoms with Gasteiger partial charge in [0.1, 0.15) is 0 Å². The van der Waals surface area contributed by atoms with Crippen LogP contribution in [0.1, 0.15) is 49.6 Å². The summed E-state index contributed by atoms with van der Waals surface area (Å²) >= 11 is 1.77. The Kier molecular flexibility index (Phi) is 4.36. The molecule has 1 aromatic heterocycles. The molecule has 0 aromatic carbocycles. The molecule has 0 spiro atoms. The van der Waals surface area contributed by atoms with Crippen LogP contribution in [-0.4, -0.2) is 11.0 Å². The summed E-state index contributed by atoms with van der Waals surface area (Å²) in [7, 11) is 0. The van der Waals surface area contributed by atoms with Crippen LogP contribution in [0, 0.1) is 12.8 Å². The predicted octanol–water partition coefficient (Wildman–Crippen LogP) is 3.51. The first-order valence-corrected chi connectivity index (χ1v) is 7.30. The van der Waals surface area contributed by atoms with E-state index in [-0.39, 0.29) is 0 Å². The van der Waals surface area contributed by atoms with Gasteiger partial charge in [-0.25, -0.2) is 4.98 Å². The van der Waals surface area contributed by atoms with Crippen molar-refractivity contribution in [2.24, 2.45) is 5.92 Å². The Balaban J connectivity index is 1.73. The quantitative estimate of drug-likeness (QED) is 0.868. The summed E-state index contributed by atoms with van der Waals surface area (Å²) in [5, 5.41) is 3.68. The first-order valence-electron chi connectivity index (χ1n) is 6.42. The fraction of sp³-hybridized carbons (Fsp3) is 0.769. The monoisotopic (exact) mass is 238 g/mol. The lowest BCUT2D eigenvalue weighted by Crippen LogP contribution is -2.32. The molecule has 1 aromatic rings. The molecule has 0 radical (unpaired) electrons. The SMILES string of the molecule is CCC1CCC(NCc2scnc2C)CC1. The van der Waals surface area contributed by atoms with Crippen LogP contribution in [0.3, 0.4) is 0 Å².